The van der Waals surface area contributed by atoms with Gasteiger partial charge in [0.15, 0.2) is 0 Å². The number of hydrogen-bond acceptors (Lipinski definition) is 4. The number of thioether (sulfide) groups is 1. The van der Waals surface area contributed by atoms with E-state index in [0.29, 0.717) is 0 Å². The number of anilines is 1. The molecule has 0 aliphatic carbocycles. The van der Waals surface area contributed by atoms with E-state index in [-0.39, 0.29) is 0 Å². The van der Waals surface area contributed by atoms with Gasteiger partial charge in [-0.15, -0.1) is 0 Å². The maximum atomic E-state index is 4.61. The smallest absolute Gasteiger partial charge is 0.126 e. The lowest BCUT2D eigenvalue weighted by molar-refractivity contribution is 0.631. The second-order valence-electron chi connectivity index (χ2n) is 5.25. The van der Waals surface area contributed by atoms with Crippen LogP contribution in [0.15, 0.2) is 36.4 Å². The third kappa shape index (κ3) is 5.56. The molecule has 0 radical (unpaired) electrons. The van der Waals surface area contributed by atoms with E-state index in [1.54, 1.807) is 0 Å². The van der Waals surface area contributed by atoms with Crippen LogP contribution >= 0.6 is 11.8 Å². The minimum Gasteiger partial charge on any atom is -0.370 e. The van der Waals surface area contributed by atoms with Crippen LogP contribution in [0.4, 0.5) is 5.82 Å². The molecular weight excluding hydrogens is 278 g/mol. The van der Waals surface area contributed by atoms with Crippen LogP contribution < -0.4 is 10.6 Å². The van der Waals surface area contributed by atoms with Crippen molar-refractivity contribution in [3.8, 4) is 0 Å². The number of rotatable bonds is 9. The Labute approximate surface area is 131 Å². The summed E-state index contributed by atoms with van der Waals surface area (Å²) in [5.41, 5.74) is 1.05. The van der Waals surface area contributed by atoms with Gasteiger partial charge in [-0.3, -0.25) is 0 Å². The molecule has 0 amide bonds. The molecule has 114 valence electrons. The van der Waals surface area contributed by atoms with Gasteiger partial charge >= 0.3 is 0 Å². The fourth-order valence-electron chi connectivity index (χ4n) is 2.14. The lowest BCUT2D eigenvalue weighted by Crippen LogP contribution is -2.21. The van der Waals surface area contributed by atoms with Gasteiger partial charge in [0, 0.05) is 17.2 Å². The van der Waals surface area contributed by atoms with Gasteiger partial charge in [0.25, 0.3) is 0 Å². The standard InChI is InChI=1S/C17H25N3S/c1-14(21-2)10-13-18-11-5-12-19-17-9-8-15-6-3-4-7-16(15)20-17/h3-4,6-9,14,18H,5,10-13H2,1-2H3,(H,19,20). The molecule has 4 heteroatoms. The molecule has 0 aliphatic heterocycles. The zero-order valence-corrected chi connectivity index (χ0v) is 13.7. The first-order chi connectivity index (χ1) is 10.3. The summed E-state index contributed by atoms with van der Waals surface area (Å²) in [6.07, 6.45) is 4.52. The quantitative estimate of drug-likeness (QED) is 0.692. The minimum absolute atomic E-state index is 0.748. The highest BCUT2D eigenvalue weighted by Gasteiger charge is 1.99. The third-order valence-electron chi connectivity index (χ3n) is 3.56. The zero-order valence-electron chi connectivity index (χ0n) is 12.9. The van der Waals surface area contributed by atoms with Crippen molar-refractivity contribution in [3.05, 3.63) is 36.4 Å². The third-order valence-corrected chi connectivity index (χ3v) is 4.61. The van der Waals surface area contributed by atoms with Gasteiger partial charge in [-0.25, -0.2) is 4.98 Å². The number of fused-ring (bicyclic) bond motifs is 1. The summed E-state index contributed by atoms with van der Waals surface area (Å²) in [7, 11) is 0. The second kappa shape index (κ2) is 8.90. The molecule has 1 aromatic carbocycles. The molecule has 0 saturated heterocycles. The van der Waals surface area contributed by atoms with Gasteiger partial charge in [-0.1, -0.05) is 25.1 Å². The van der Waals surface area contributed by atoms with Crippen LogP contribution in [0, 0.1) is 0 Å². The van der Waals surface area contributed by atoms with E-state index in [1.807, 2.05) is 23.9 Å². The predicted octanol–water partition coefficient (Wildman–Crippen LogP) is 3.77. The summed E-state index contributed by atoms with van der Waals surface area (Å²) in [5.74, 6) is 0.963. The molecule has 2 aromatic rings. The Kier molecular flexibility index (Phi) is 6.83. The van der Waals surface area contributed by atoms with Gasteiger partial charge < -0.3 is 10.6 Å². The molecule has 0 bridgehead atoms. The lowest BCUT2D eigenvalue weighted by Gasteiger charge is -2.10. The first-order valence-electron chi connectivity index (χ1n) is 7.63. The molecule has 2 N–H and O–H groups in total. The zero-order chi connectivity index (χ0) is 14.9. The second-order valence-corrected chi connectivity index (χ2v) is 6.53. The van der Waals surface area contributed by atoms with E-state index in [0.717, 1.165) is 42.6 Å². The van der Waals surface area contributed by atoms with Crippen LogP contribution in [0.25, 0.3) is 10.9 Å². The molecule has 1 unspecified atom stereocenters. The predicted molar refractivity (Wildman–Crippen MR) is 95.3 cm³/mol. The van der Waals surface area contributed by atoms with Gasteiger partial charge in [0.2, 0.25) is 0 Å². The number of nitrogens with zero attached hydrogens (tertiary/aromatic N) is 1. The molecule has 3 nitrogen and oxygen atoms in total. The molecular formula is C17H25N3S. The fraction of sp³-hybridized carbons (Fsp3) is 0.471. The summed E-state index contributed by atoms with van der Waals surface area (Å²) in [6.45, 7) is 5.40. The summed E-state index contributed by atoms with van der Waals surface area (Å²) >= 11 is 1.93. The SMILES string of the molecule is CSC(C)CCNCCCNc1ccc2ccccc2n1. The van der Waals surface area contributed by atoms with Crippen molar-refractivity contribution in [2.24, 2.45) is 0 Å². The van der Waals surface area contributed by atoms with Gasteiger partial charge in [-0.05, 0) is 50.4 Å². The maximum Gasteiger partial charge on any atom is 0.126 e. The normalized spacial score (nSPS) is 12.5. The highest BCUT2D eigenvalue weighted by Crippen LogP contribution is 2.14. The number of nitrogens with one attached hydrogen (secondary N) is 2. The molecule has 0 aliphatic rings. The molecule has 1 atom stereocenters. The summed E-state index contributed by atoms with van der Waals surface area (Å²) < 4.78 is 0. The number of benzene rings is 1. The van der Waals surface area contributed by atoms with Crippen LogP contribution in [0.1, 0.15) is 19.8 Å². The average molecular weight is 303 g/mol. The Hall–Kier alpha value is -1.26. The van der Waals surface area contributed by atoms with Crippen LogP contribution in [0.2, 0.25) is 0 Å². The topological polar surface area (TPSA) is 37.0 Å². The lowest BCUT2D eigenvalue weighted by atomic mass is 10.2. The molecule has 0 fully saturated rings. The van der Waals surface area contributed by atoms with Crippen LogP contribution in [-0.2, 0) is 0 Å². The highest BCUT2D eigenvalue weighted by atomic mass is 32.2. The monoisotopic (exact) mass is 303 g/mol. The number of pyridine rings is 1. The van der Waals surface area contributed by atoms with E-state index in [2.05, 4.69) is 53.1 Å². The van der Waals surface area contributed by atoms with E-state index in [9.17, 15) is 0 Å². The molecule has 1 aromatic heterocycles. The van der Waals surface area contributed by atoms with Crippen molar-refractivity contribution >= 4 is 28.5 Å². The van der Waals surface area contributed by atoms with Crippen molar-refractivity contribution in [3.63, 3.8) is 0 Å². The van der Waals surface area contributed by atoms with Crippen molar-refractivity contribution in [1.82, 2.24) is 10.3 Å². The van der Waals surface area contributed by atoms with Crippen LogP contribution in [-0.4, -0.2) is 36.1 Å². The van der Waals surface area contributed by atoms with Crippen molar-refractivity contribution < 1.29 is 0 Å². The fourth-order valence-corrected chi connectivity index (χ4v) is 2.50. The van der Waals surface area contributed by atoms with Crippen molar-refractivity contribution in [1.29, 1.82) is 0 Å². The Balaban J connectivity index is 1.64. The Morgan fingerprint density at radius 1 is 1.10 bits per heavy atom. The van der Waals surface area contributed by atoms with E-state index < -0.39 is 0 Å². The Morgan fingerprint density at radius 2 is 1.95 bits per heavy atom. The minimum atomic E-state index is 0.748. The van der Waals surface area contributed by atoms with E-state index in [4.69, 9.17) is 0 Å². The summed E-state index contributed by atoms with van der Waals surface area (Å²) in [4.78, 5) is 4.61. The summed E-state index contributed by atoms with van der Waals surface area (Å²) in [6, 6.07) is 12.4. The van der Waals surface area contributed by atoms with Crippen molar-refractivity contribution in [2.45, 2.75) is 25.0 Å². The van der Waals surface area contributed by atoms with Crippen LogP contribution in [0.3, 0.4) is 0 Å². The molecule has 2 rings (SSSR count). The van der Waals surface area contributed by atoms with Gasteiger partial charge in [0.05, 0.1) is 5.52 Å². The van der Waals surface area contributed by atoms with Crippen molar-refractivity contribution in [2.75, 3.05) is 31.2 Å². The molecule has 21 heavy (non-hydrogen) atoms. The number of hydrogen-bond donors (Lipinski definition) is 2. The van der Waals surface area contributed by atoms with Gasteiger partial charge in [-0.2, -0.15) is 11.8 Å². The largest absolute Gasteiger partial charge is 0.370 e. The summed E-state index contributed by atoms with van der Waals surface area (Å²) in [5, 5.41) is 8.82. The molecule has 1 heterocycles. The molecule has 0 saturated carbocycles. The number of aromatic nitrogens is 1. The van der Waals surface area contributed by atoms with Crippen LogP contribution in [0.5, 0.6) is 0 Å². The average Bonchev–Trinajstić information content (AvgIpc) is 2.53. The van der Waals surface area contributed by atoms with E-state index in [1.165, 1.54) is 11.8 Å². The first kappa shape index (κ1) is 16.1. The van der Waals surface area contributed by atoms with E-state index >= 15 is 0 Å². The number of para-hydroxylation sites is 1. The van der Waals surface area contributed by atoms with Gasteiger partial charge in [0.1, 0.15) is 5.82 Å². The molecule has 0 spiro atoms. The maximum absolute atomic E-state index is 4.61. The highest BCUT2D eigenvalue weighted by molar-refractivity contribution is 7.99. The Bertz CT molecular complexity index is 544. The Morgan fingerprint density at radius 3 is 2.81 bits per heavy atom. The first-order valence-corrected chi connectivity index (χ1v) is 8.91.